The lowest BCUT2D eigenvalue weighted by Crippen LogP contribution is -2.17. The first-order valence-electron chi connectivity index (χ1n) is 6.34. The zero-order valence-electron chi connectivity index (χ0n) is 11.6. The quantitative estimate of drug-likeness (QED) is 0.828. The number of ether oxygens (including phenoxy) is 1. The van der Waals surface area contributed by atoms with Crippen molar-refractivity contribution in [2.75, 3.05) is 14.2 Å². The Bertz CT molecular complexity index is 586. The van der Waals surface area contributed by atoms with Gasteiger partial charge in [-0.2, -0.15) is 0 Å². The third-order valence-electron chi connectivity index (χ3n) is 3.01. The summed E-state index contributed by atoms with van der Waals surface area (Å²) in [5.74, 6) is -0.378. The summed E-state index contributed by atoms with van der Waals surface area (Å²) < 4.78 is 31.6. The van der Waals surface area contributed by atoms with Crippen LogP contribution in [0.3, 0.4) is 0 Å². The number of hydrogen-bond acceptors (Lipinski definition) is 2. The van der Waals surface area contributed by atoms with Gasteiger partial charge in [-0.3, -0.25) is 4.90 Å². The Morgan fingerprint density at radius 1 is 1.00 bits per heavy atom. The van der Waals surface area contributed by atoms with Gasteiger partial charge in [0.2, 0.25) is 0 Å². The number of rotatable bonds is 5. The van der Waals surface area contributed by atoms with Gasteiger partial charge >= 0.3 is 0 Å². The Morgan fingerprint density at radius 3 is 2.30 bits per heavy atom. The van der Waals surface area contributed by atoms with Crippen LogP contribution in [-0.2, 0) is 13.1 Å². The minimum atomic E-state index is -0.371. The molecule has 0 aliphatic carbocycles. The molecule has 0 saturated carbocycles. The summed E-state index contributed by atoms with van der Waals surface area (Å²) in [7, 11) is 3.35. The summed E-state index contributed by atoms with van der Waals surface area (Å²) in [6.07, 6.45) is 0. The van der Waals surface area contributed by atoms with Crippen LogP contribution < -0.4 is 4.74 Å². The highest BCUT2D eigenvalue weighted by atomic mass is 19.1. The minimum Gasteiger partial charge on any atom is -0.494 e. The molecule has 0 aliphatic rings. The van der Waals surface area contributed by atoms with Gasteiger partial charge in [-0.25, -0.2) is 8.78 Å². The second-order valence-electron chi connectivity index (χ2n) is 4.77. The van der Waals surface area contributed by atoms with Gasteiger partial charge in [0.15, 0.2) is 11.6 Å². The number of hydrogen-bond donors (Lipinski definition) is 0. The van der Waals surface area contributed by atoms with E-state index in [0.29, 0.717) is 13.1 Å². The molecule has 0 saturated heterocycles. The number of halogens is 2. The number of nitrogens with zero attached hydrogens (tertiary/aromatic N) is 1. The Kier molecular flexibility index (Phi) is 4.69. The molecule has 0 spiro atoms. The van der Waals surface area contributed by atoms with Gasteiger partial charge in [-0.1, -0.05) is 18.2 Å². The maximum atomic E-state index is 13.6. The molecule has 2 aromatic rings. The number of methoxy groups -OCH3 is 1. The molecule has 2 rings (SSSR count). The van der Waals surface area contributed by atoms with Crippen LogP contribution in [0.4, 0.5) is 8.78 Å². The second kappa shape index (κ2) is 6.48. The fourth-order valence-electron chi connectivity index (χ4n) is 2.12. The molecule has 0 fully saturated rings. The summed E-state index contributed by atoms with van der Waals surface area (Å²) in [4.78, 5) is 2.00. The maximum Gasteiger partial charge on any atom is 0.165 e. The molecule has 0 unspecified atom stereocenters. The monoisotopic (exact) mass is 277 g/mol. The molecule has 4 heteroatoms. The molecule has 106 valence electrons. The molecule has 0 amide bonds. The first-order valence-corrected chi connectivity index (χ1v) is 6.34. The summed E-state index contributed by atoms with van der Waals surface area (Å²) in [6, 6.07) is 11.4. The smallest absolute Gasteiger partial charge is 0.165 e. The van der Waals surface area contributed by atoms with E-state index in [1.165, 1.54) is 25.3 Å². The summed E-state index contributed by atoms with van der Waals surface area (Å²) in [6.45, 7) is 1.18. The van der Waals surface area contributed by atoms with Gasteiger partial charge in [0, 0.05) is 13.1 Å². The van der Waals surface area contributed by atoms with Gasteiger partial charge in [0.1, 0.15) is 5.82 Å². The fraction of sp³-hybridized carbons (Fsp3) is 0.250. The first kappa shape index (κ1) is 14.5. The first-order chi connectivity index (χ1) is 9.58. The molecule has 0 N–H and O–H groups in total. The SMILES string of the molecule is COc1ccc(CN(C)Cc2cccc(F)c2)cc1F. The van der Waals surface area contributed by atoms with E-state index in [9.17, 15) is 8.78 Å². The molecule has 0 atom stereocenters. The highest BCUT2D eigenvalue weighted by molar-refractivity contribution is 5.29. The van der Waals surface area contributed by atoms with Crippen molar-refractivity contribution >= 4 is 0 Å². The molecular formula is C16H17F2NO. The zero-order valence-corrected chi connectivity index (χ0v) is 11.6. The van der Waals surface area contributed by atoms with Crippen LogP contribution >= 0.6 is 0 Å². The van der Waals surface area contributed by atoms with Crippen molar-refractivity contribution in [3.8, 4) is 5.75 Å². The highest BCUT2D eigenvalue weighted by Gasteiger charge is 2.06. The molecule has 20 heavy (non-hydrogen) atoms. The average Bonchev–Trinajstić information content (AvgIpc) is 2.38. The van der Waals surface area contributed by atoms with Crippen LogP contribution in [0.2, 0.25) is 0 Å². The normalized spacial score (nSPS) is 10.8. The lowest BCUT2D eigenvalue weighted by Gasteiger charge is -2.17. The van der Waals surface area contributed by atoms with Crippen molar-refractivity contribution in [2.45, 2.75) is 13.1 Å². The Hall–Kier alpha value is -1.94. The van der Waals surface area contributed by atoms with Gasteiger partial charge in [0.05, 0.1) is 7.11 Å². The van der Waals surface area contributed by atoms with Crippen molar-refractivity contribution in [2.24, 2.45) is 0 Å². The maximum absolute atomic E-state index is 13.6. The molecular weight excluding hydrogens is 260 g/mol. The van der Waals surface area contributed by atoms with E-state index >= 15 is 0 Å². The van der Waals surface area contributed by atoms with Gasteiger partial charge < -0.3 is 4.74 Å². The molecule has 2 aromatic carbocycles. The topological polar surface area (TPSA) is 12.5 Å². The summed E-state index contributed by atoms with van der Waals surface area (Å²) >= 11 is 0. The van der Waals surface area contributed by atoms with E-state index in [0.717, 1.165) is 11.1 Å². The van der Waals surface area contributed by atoms with Gasteiger partial charge in [-0.15, -0.1) is 0 Å². The van der Waals surface area contributed by atoms with E-state index in [4.69, 9.17) is 4.74 Å². The van der Waals surface area contributed by atoms with E-state index < -0.39 is 0 Å². The summed E-state index contributed by atoms with van der Waals surface area (Å²) in [5.41, 5.74) is 1.74. The molecule has 0 radical (unpaired) electrons. The predicted octanol–water partition coefficient (Wildman–Crippen LogP) is 3.61. The highest BCUT2D eigenvalue weighted by Crippen LogP contribution is 2.19. The van der Waals surface area contributed by atoms with Gasteiger partial charge in [0.25, 0.3) is 0 Å². The van der Waals surface area contributed by atoms with E-state index in [1.54, 1.807) is 12.1 Å². The lowest BCUT2D eigenvalue weighted by molar-refractivity contribution is 0.317. The molecule has 2 nitrogen and oxygen atoms in total. The van der Waals surface area contributed by atoms with Crippen molar-refractivity contribution in [3.63, 3.8) is 0 Å². The van der Waals surface area contributed by atoms with Crippen LogP contribution in [-0.4, -0.2) is 19.1 Å². The van der Waals surface area contributed by atoms with Crippen LogP contribution in [0.5, 0.6) is 5.75 Å². The largest absolute Gasteiger partial charge is 0.494 e. The Balaban J connectivity index is 2.01. The third-order valence-corrected chi connectivity index (χ3v) is 3.01. The predicted molar refractivity (Wildman–Crippen MR) is 74.5 cm³/mol. The molecule has 0 heterocycles. The standard InChI is InChI=1S/C16H17F2NO/c1-19(10-12-4-3-5-14(17)8-12)11-13-6-7-16(20-2)15(18)9-13/h3-9H,10-11H2,1-2H3. The van der Waals surface area contributed by atoms with Gasteiger partial charge in [-0.05, 0) is 42.4 Å². The van der Waals surface area contributed by atoms with Crippen molar-refractivity contribution in [1.82, 2.24) is 4.90 Å². The van der Waals surface area contributed by atoms with E-state index in [2.05, 4.69) is 0 Å². The Labute approximate surface area is 117 Å². The van der Waals surface area contributed by atoms with Crippen LogP contribution in [0.15, 0.2) is 42.5 Å². The van der Waals surface area contributed by atoms with E-state index in [-0.39, 0.29) is 17.4 Å². The minimum absolute atomic E-state index is 0.238. The second-order valence-corrected chi connectivity index (χ2v) is 4.77. The Morgan fingerprint density at radius 2 is 1.70 bits per heavy atom. The number of benzene rings is 2. The van der Waals surface area contributed by atoms with Crippen LogP contribution in [0.25, 0.3) is 0 Å². The van der Waals surface area contributed by atoms with Crippen molar-refractivity contribution in [3.05, 3.63) is 65.2 Å². The summed E-state index contributed by atoms with van der Waals surface area (Å²) in [5, 5.41) is 0. The fourth-order valence-corrected chi connectivity index (χ4v) is 2.12. The molecule has 0 aromatic heterocycles. The zero-order chi connectivity index (χ0) is 14.5. The van der Waals surface area contributed by atoms with Crippen LogP contribution in [0.1, 0.15) is 11.1 Å². The molecule has 0 aliphatic heterocycles. The van der Waals surface area contributed by atoms with Crippen molar-refractivity contribution < 1.29 is 13.5 Å². The third kappa shape index (κ3) is 3.78. The molecule has 0 bridgehead atoms. The van der Waals surface area contributed by atoms with Crippen molar-refractivity contribution in [1.29, 1.82) is 0 Å². The van der Waals surface area contributed by atoms with Crippen LogP contribution in [0, 0.1) is 11.6 Å². The average molecular weight is 277 g/mol. The van der Waals surface area contributed by atoms with E-state index in [1.807, 2.05) is 24.1 Å². The lowest BCUT2D eigenvalue weighted by atomic mass is 10.1.